The summed E-state index contributed by atoms with van der Waals surface area (Å²) < 4.78 is 11.1. The summed E-state index contributed by atoms with van der Waals surface area (Å²) >= 11 is 11.9. The number of hydrogen-bond donors (Lipinski definition) is 1. The Morgan fingerprint density at radius 2 is 1.89 bits per heavy atom. The van der Waals surface area contributed by atoms with Gasteiger partial charge in [-0.05, 0) is 54.6 Å². The van der Waals surface area contributed by atoms with Crippen LogP contribution in [-0.4, -0.2) is 12.5 Å². The molecule has 0 radical (unpaired) electrons. The molecule has 136 valence electrons. The van der Waals surface area contributed by atoms with E-state index in [4.69, 9.17) is 37.6 Å². The number of ether oxygens (including phenoxy) is 1. The summed E-state index contributed by atoms with van der Waals surface area (Å²) in [5.41, 5.74) is 1.32. The molecule has 2 aromatic carbocycles. The lowest BCUT2D eigenvalue weighted by Crippen LogP contribution is -2.28. The number of rotatable bonds is 6. The standard InChI is InChI=1S/C20H14Cl2N2O3/c21-15-4-2-14(3-5-15)18-8-6-16(27-18)11-24-20(25)12-26-19-7-1-13(10-23)9-17(19)22/h1-9H,11-12H2,(H,24,25). The first kappa shape index (κ1) is 18.8. The van der Waals surface area contributed by atoms with Crippen LogP contribution in [0.1, 0.15) is 11.3 Å². The van der Waals surface area contributed by atoms with Gasteiger partial charge in [0, 0.05) is 10.6 Å². The van der Waals surface area contributed by atoms with Gasteiger partial charge in [-0.1, -0.05) is 23.2 Å². The van der Waals surface area contributed by atoms with Gasteiger partial charge in [-0.15, -0.1) is 0 Å². The molecule has 1 amide bonds. The highest BCUT2D eigenvalue weighted by atomic mass is 35.5. The van der Waals surface area contributed by atoms with Gasteiger partial charge in [0.25, 0.3) is 5.91 Å². The number of halogens is 2. The number of nitrogens with one attached hydrogen (secondary N) is 1. The molecule has 0 saturated carbocycles. The fraction of sp³-hybridized carbons (Fsp3) is 0.100. The van der Waals surface area contributed by atoms with Crippen molar-refractivity contribution in [3.05, 3.63) is 76.0 Å². The minimum atomic E-state index is -0.320. The molecule has 0 saturated heterocycles. The monoisotopic (exact) mass is 400 g/mol. The SMILES string of the molecule is N#Cc1ccc(OCC(=O)NCc2ccc(-c3ccc(Cl)cc3)o2)c(Cl)c1. The topological polar surface area (TPSA) is 75.3 Å². The van der Waals surface area contributed by atoms with Crippen molar-refractivity contribution in [3.63, 3.8) is 0 Å². The highest BCUT2D eigenvalue weighted by Crippen LogP contribution is 2.25. The predicted molar refractivity (Wildman–Crippen MR) is 103 cm³/mol. The fourth-order valence-electron chi connectivity index (χ4n) is 2.31. The lowest BCUT2D eigenvalue weighted by Gasteiger charge is -2.08. The van der Waals surface area contributed by atoms with E-state index in [0.717, 1.165) is 5.56 Å². The first-order chi connectivity index (χ1) is 13.0. The Morgan fingerprint density at radius 1 is 1.11 bits per heavy atom. The first-order valence-electron chi connectivity index (χ1n) is 7.99. The molecule has 5 nitrogen and oxygen atoms in total. The van der Waals surface area contributed by atoms with E-state index in [9.17, 15) is 4.79 Å². The molecule has 27 heavy (non-hydrogen) atoms. The van der Waals surface area contributed by atoms with E-state index in [-0.39, 0.29) is 24.1 Å². The minimum Gasteiger partial charge on any atom is -0.482 e. The second-order valence-electron chi connectivity index (χ2n) is 5.60. The van der Waals surface area contributed by atoms with Crippen molar-refractivity contribution in [1.29, 1.82) is 5.26 Å². The number of furan rings is 1. The molecule has 0 aliphatic carbocycles. The van der Waals surface area contributed by atoms with Crippen LogP contribution in [0.4, 0.5) is 0 Å². The Morgan fingerprint density at radius 3 is 2.59 bits per heavy atom. The summed E-state index contributed by atoms with van der Waals surface area (Å²) in [5.74, 6) is 1.33. The third-order valence-electron chi connectivity index (χ3n) is 3.67. The van der Waals surface area contributed by atoms with Crippen molar-refractivity contribution in [2.45, 2.75) is 6.54 Å². The van der Waals surface area contributed by atoms with E-state index < -0.39 is 0 Å². The molecule has 0 spiro atoms. The Balaban J connectivity index is 1.51. The predicted octanol–water partition coefficient (Wildman–Crippen LogP) is 4.82. The van der Waals surface area contributed by atoms with E-state index in [1.54, 1.807) is 30.3 Å². The molecule has 3 aromatic rings. The molecule has 0 fully saturated rings. The van der Waals surface area contributed by atoms with Crippen LogP contribution in [0.15, 0.2) is 59.0 Å². The van der Waals surface area contributed by atoms with E-state index in [1.165, 1.54) is 6.07 Å². The molecule has 3 rings (SSSR count). The van der Waals surface area contributed by atoms with Crippen LogP contribution >= 0.6 is 23.2 Å². The maximum atomic E-state index is 12.0. The summed E-state index contributed by atoms with van der Waals surface area (Å²) in [4.78, 5) is 12.0. The highest BCUT2D eigenvalue weighted by Gasteiger charge is 2.09. The number of carbonyl (C=O) groups is 1. The van der Waals surface area contributed by atoms with Gasteiger partial charge in [-0.25, -0.2) is 0 Å². The quantitative estimate of drug-likeness (QED) is 0.643. The maximum Gasteiger partial charge on any atom is 0.258 e. The third-order valence-corrected chi connectivity index (χ3v) is 4.22. The normalized spacial score (nSPS) is 10.3. The van der Waals surface area contributed by atoms with Gasteiger partial charge in [0.2, 0.25) is 0 Å². The average Bonchev–Trinajstić information content (AvgIpc) is 3.15. The summed E-state index contributed by atoms with van der Waals surface area (Å²) in [6, 6.07) is 17.5. The molecule has 7 heteroatoms. The van der Waals surface area contributed by atoms with Gasteiger partial charge < -0.3 is 14.5 Å². The molecule has 1 aromatic heterocycles. The van der Waals surface area contributed by atoms with Crippen LogP contribution in [0.25, 0.3) is 11.3 Å². The largest absolute Gasteiger partial charge is 0.482 e. The average molecular weight is 401 g/mol. The summed E-state index contributed by atoms with van der Waals surface area (Å²) in [5, 5.41) is 12.4. The second kappa shape index (κ2) is 8.63. The van der Waals surface area contributed by atoms with Crippen molar-refractivity contribution in [2.75, 3.05) is 6.61 Å². The Labute approximate surface area is 166 Å². The molecule has 0 aliphatic heterocycles. The molecule has 1 N–H and O–H groups in total. The van der Waals surface area contributed by atoms with Crippen LogP contribution in [0.5, 0.6) is 5.75 Å². The van der Waals surface area contributed by atoms with E-state index in [1.807, 2.05) is 24.3 Å². The Bertz CT molecular complexity index is 991. The van der Waals surface area contributed by atoms with Gasteiger partial charge in [0.15, 0.2) is 6.61 Å². The van der Waals surface area contributed by atoms with Crippen LogP contribution in [0.3, 0.4) is 0 Å². The zero-order valence-electron chi connectivity index (χ0n) is 14.0. The summed E-state index contributed by atoms with van der Waals surface area (Å²) in [7, 11) is 0. The van der Waals surface area contributed by atoms with Crippen LogP contribution in [-0.2, 0) is 11.3 Å². The van der Waals surface area contributed by atoms with Gasteiger partial charge >= 0.3 is 0 Å². The maximum absolute atomic E-state index is 12.0. The highest BCUT2D eigenvalue weighted by molar-refractivity contribution is 6.32. The number of nitriles is 1. The zero-order valence-corrected chi connectivity index (χ0v) is 15.6. The van der Waals surface area contributed by atoms with Gasteiger partial charge in [0.1, 0.15) is 17.3 Å². The van der Waals surface area contributed by atoms with E-state index >= 15 is 0 Å². The number of nitrogens with zero attached hydrogens (tertiary/aromatic N) is 1. The molecule has 0 bridgehead atoms. The smallest absolute Gasteiger partial charge is 0.258 e. The van der Waals surface area contributed by atoms with Gasteiger partial charge in [-0.3, -0.25) is 4.79 Å². The molecular weight excluding hydrogens is 387 g/mol. The van der Waals surface area contributed by atoms with Crippen molar-refractivity contribution in [2.24, 2.45) is 0 Å². The zero-order chi connectivity index (χ0) is 19.2. The number of amides is 1. The molecule has 1 heterocycles. The van der Waals surface area contributed by atoms with Crippen LogP contribution < -0.4 is 10.1 Å². The molecular formula is C20H14Cl2N2O3. The fourth-order valence-corrected chi connectivity index (χ4v) is 2.67. The molecule has 0 unspecified atom stereocenters. The summed E-state index contributed by atoms with van der Waals surface area (Å²) in [6.07, 6.45) is 0. The van der Waals surface area contributed by atoms with Crippen LogP contribution in [0.2, 0.25) is 10.0 Å². The van der Waals surface area contributed by atoms with Gasteiger partial charge in [-0.2, -0.15) is 5.26 Å². The minimum absolute atomic E-state index is 0.198. The second-order valence-corrected chi connectivity index (χ2v) is 6.44. The number of carbonyl (C=O) groups excluding carboxylic acids is 1. The third kappa shape index (κ3) is 5.04. The van der Waals surface area contributed by atoms with Crippen molar-refractivity contribution < 1.29 is 13.9 Å². The van der Waals surface area contributed by atoms with Crippen molar-refractivity contribution in [1.82, 2.24) is 5.32 Å². The van der Waals surface area contributed by atoms with E-state index in [2.05, 4.69) is 5.32 Å². The van der Waals surface area contributed by atoms with Crippen LogP contribution in [0, 0.1) is 11.3 Å². The van der Waals surface area contributed by atoms with Gasteiger partial charge in [0.05, 0.1) is 23.2 Å². The van der Waals surface area contributed by atoms with E-state index in [0.29, 0.717) is 27.9 Å². The number of hydrogen-bond acceptors (Lipinski definition) is 4. The van der Waals surface area contributed by atoms with Crippen molar-refractivity contribution >= 4 is 29.1 Å². The van der Waals surface area contributed by atoms with Crippen molar-refractivity contribution in [3.8, 4) is 23.1 Å². The molecule has 0 aliphatic rings. The first-order valence-corrected chi connectivity index (χ1v) is 8.74. The Hall–Kier alpha value is -2.94. The Kier molecular flexibility index (Phi) is 6.02. The lowest BCUT2D eigenvalue weighted by molar-refractivity contribution is -0.123. The molecule has 0 atom stereocenters. The number of benzene rings is 2. The summed E-state index contributed by atoms with van der Waals surface area (Å²) in [6.45, 7) is 0.0350. The lowest BCUT2D eigenvalue weighted by atomic mass is 10.2.